The Morgan fingerprint density at radius 2 is 1.73 bits per heavy atom. The Labute approximate surface area is 249 Å². The van der Waals surface area contributed by atoms with E-state index < -0.39 is 5.54 Å². The number of nitrogens with one attached hydrogen (secondary N) is 1. The Hall–Kier alpha value is -3.75. The van der Waals surface area contributed by atoms with E-state index in [1.165, 1.54) is 0 Å². The summed E-state index contributed by atoms with van der Waals surface area (Å²) in [5.74, 6) is 0.202. The Kier molecular flexibility index (Phi) is 8.71. The average Bonchev–Trinajstić information content (AvgIpc) is 3.24. The molecule has 5 rings (SSSR count). The second-order valence-electron chi connectivity index (χ2n) is 10.3. The number of methoxy groups -OCH3 is 1. The molecule has 3 aromatic rings. The van der Waals surface area contributed by atoms with Crippen molar-refractivity contribution in [1.29, 1.82) is 0 Å². The molecule has 1 N–H and O–H groups in total. The van der Waals surface area contributed by atoms with E-state index in [-0.39, 0.29) is 24.3 Å². The summed E-state index contributed by atoms with van der Waals surface area (Å²) in [5, 5.41) is 4.02. The van der Waals surface area contributed by atoms with Crippen molar-refractivity contribution in [3.63, 3.8) is 0 Å². The Morgan fingerprint density at radius 1 is 0.976 bits per heavy atom. The number of ether oxygens (including phenoxy) is 1. The number of amides is 3. The molecule has 2 saturated heterocycles. The summed E-state index contributed by atoms with van der Waals surface area (Å²) in [6.45, 7) is 1.48. The Bertz CT molecular complexity index is 1430. The molecule has 2 heterocycles. The van der Waals surface area contributed by atoms with E-state index in [1.807, 2.05) is 36.4 Å². The molecular weight excluding hydrogens is 563 g/mol. The second kappa shape index (κ2) is 12.4. The van der Waals surface area contributed by atoms with Crippen molar-refractivity contribution in [3.05, 3.63) is 94.0 Å². The maximum absolute atomic E-state index is 14.0. The number of anilines is 1. The van der Waals surface area contributed by atoms with Crippen LogP contribution in [0.4, 0.5) is 5.69 Å². The highest BCUT2D eigenvalue weighted by atomic mass is 35.5. The van der Waals surface area contributed by atoms with Gasteiger partial charge in [0.15, 0.2) is 0 Å². The predicted octanol–water partition coefficient (Wildman–Crippen LogP) is 4.64. The number of hydrogen-bond acceptors (Lipinski definition) is 5. The molecule has 0 saturated carbocycles. The lowest BCUT2D eigenvalue weighted by molar-refractivity contribution is -0.137. The van der Waals surface area contributed by atoms with E-state index in [4.69, 9.17) is 27.9 Å². The molecule has 0 aliphatic carbocycles. The highest BCUT2D eigenvalue weighted by Crippen LogP contribution is 2.39. The second-order valence-corrected chi connectivity index (χ2v) is 11.1. The summed E-state index contributed by atoms with van der Waals surface area (Å²) < 4.78 is 5.27. The molecular formula is C31H32Cl2N4O4. The number of halogens is 2. The standard InChI is InChI=1S/C31H32Cl2N4O4/c1-41-26-9-5-6-23(18-26)29(39)35-16-13-31(14-17-35)30(40)36(21-37(31)25-7-3-2-4-8-25)20-28(38)34-15-12-22-10-11-24(32)19-27(22)33/h2-11,18-19H,12-17,20-21H2,1H3,(H,34,38). The first-order valence-electron chi connectivity index (χ1n) is 13.6. The van der Waals surface area contributed by atoms with E-state index in [2.05, 4.69) is 10.2 Å². The van der Waals surface area contributed by atoms with E-state index in [0.717, 1.165) is 11.3 Å². The monoisotopic (exact) mass is 594 g/mol. The number of likely N-dealkylation sites (tertiary alicyclic amines) is 1. The van der Waals surface area contributed by atoms with Gasteiger partial charge in [0.05, 0.1) is 13.8 Å². The minimum atomic E-state index is -0.830. The molecule has 1 spiro atoms. The first-order valence-corrected chi connectivity index (χ1v) is 14.3. The van der Waals surface area contributed by atoms with Crippen molar-refractivity contribution in [2.45, 2.75) is 24.8 Å². The van der Waals surface area contributed by atoms with E-state index in [9.17, 15) is 14.4 Å². The van der Waals surface area contributed by atoms with Crippen molar-refractivity contribution in [2.24, 2.45) is 0 Å². The molecule has 0 atom stereocenters. The van der Waals surface area contributed by atoms with Crippen molar-refractivity contribution in [2.75, 3.05) is 44.9 Å². The molecule has 2 aliphatic heterocycles. The quantitative estimate of drug-likeness (QED) is 0.411. The van der Waals surface area contributed by atoms with Crippen LogP contribution in [-0.2, 0) is 16.0 Å². The molecule has 10 heteroatoms. The number of benzene rings is 3. The Balaban J connectivity index is 1.26. The molecule has 0 unspecified atom stereocenters. The smallest absolute Gasteiger partial charge is 0.253 e. The van der Waals surface area contributed by atoms with Gasteiger partial charge in [-0.25, -0.2) is 0 Å². The summed E-state index contributed by atoms with van der Waals surface area (Å²) in [4.78, 5) is 45.6. The minimum Gasteiger partial charge on any atom is -0.497 e. The molecule has 2 fully saturated rings. The van der Waals surface area contributed by atoms with Gasteiger partial charge in [0, 0.05) is 40.9 Å². The number of rotatable bonds is 8. The summed E-state index contributed by atoms with van der Waals surface area (Å²) in [6.07, 6.45) is 1.47. The predicted molar refractivity (Wildman–Crippen MR) is 160 cm³/mol. The summed E-state index contributed by atoms with van der Waals surface area (Å²) >= 11 is 12.2. The van der Waals surface area contributed by atoms with Crippen molar-refractivity contribution < 1.29 is 19.1 Å². The third-order valence-corrected chi connectivity index (χ3v) is 8.43. The molecule has 3 aromatic carbocycles. The molecule has 0 bridgehead atoms. The van der Waals surface area contributed by atoms with Gasteiger partial charge in [-0.15, -0.1) is 0 Å². The minimum absolute atomic E-state index is 0.0509. The van der Waals surface area contributed by atoms with Gasteiger partial charge >= 0.3 is 0 Å². The van der Waals surface area contributed by atoms with E-state index in [1.54, 1.807) is 53.3 Å². The van der Waals surface area contributed by atoms with Crippen LogP contribution < -0.4 is 15.0 Å². The number of nitrogens with zero attached hydrogens (tertiary/aromatic N) is 3. The summed E-state index contributed by atoms with van der Waals surface area (Å²) in [6, 6.07) is 22.1. The van der Waals surface area contributed by atoms with Gasteiger partial charge in [0.1, 0.15) is 17.8 Å². The average molecular weight is 596 g/mol. The van der Waals surface area contributed by atoms with Crippen molar-refractivity contribution >= 4 is 46.6 Å². The molecule has 41 heavy (non-hydrogen) atoms. The van der Waals surface area contributed by atoms with Crippen LogP contribution in [0.15, 0.2) is 72.8 Å². The van der Waals surface area contributed by atoms with Crippen LogP contribution in [0.25, 0.3) is 0 Å². The molecule has 2 aliphatic rings. The first-order chi connectivity index (χ1) is 19.8. The number of hydrogen-bond donors (Lipinski definition) is 1. The lowest BCUT2D eigenvalue weighted by Gasteiger charge is -2.43. The van der Waals surface area contributed by atoms with Gasteiger partial charge in [-0.1, -0.05) is 53.5 Å². The van der Waals surface area contributed by atoms with Gasteiger partial charge in [-0.05, 0) is 67.3 Å². The normalized spacial score (nSPS) is 16.3. The molecule has 3 amide bonds. The highest BCUT2D eigenvalue weighted by molar-refractivity contribution is 6.35. The fourth-order valence-electron chi connectivity index (χ4n) is 5.63. The Morgan fingerprint density at radius 3 is 2.44 bits per heavy atom. The van der Waals surface area contributed by atoms with Gasteiger partial charge in [0.25, 0.3) is 11.8 Å². The van der Waals surface area contributed by atoms with Crippen LogP contribution >= 0.6 is 23.2 Å². The fourth-order valence-corrected chi connectivity index (χ4v) is 6.13. The summed E-state index contributed by atoms with van der Waals surface area (Å²) in [5.41, 5.74) is 1.52. The van der Waals surface area contributed by atoms with Crippen molar-refractivity contribution in [1.82, 2.24) is 15.1 Å². The summed E-state index contributed by atoms with van der Waals surface area (Å²) in [7, 11) is 1.57. The number of para-hydroxylation sites is 1. The fraction of sp³-hybridized carbons (Fsp3) is 0.323. The van der Waals surface area contributed by atoms with Crippen LogP contribution in [0.5, 0.6) is 5.75 Å². The van der Waals surface area contributed by atoms with Gasteiger partial charge in [-0.3, -0.25) is 14.4 Å². The van der Waals surface area contributed by atoms with Gasteiger partial charge < -0.3 is 24.8 Å². The topological polar surface area (TPSA) is 82.2 Å². The van der Waals surface area contributed by atoms with Crippen LogP contribution in [0.1, 0.15) is 28.8 Å². The molecule has 214 valence electrons. The van der Waals surface area contributed by atoms with E-state index >= 15 is 0 Å². The lowest BCUT2D eigenvalue weighted by Crippen LogP contribution is -2.57. The van der Waals surface area contributed by atoms with Crippen LogP contribution in [0.3, 0.4) is 0 Å². The molecule has 0 radical (unpaired) electrons. The first kappa shape index (κ1) is 28.8. The third kappa shape index (κ3) is 6.14. The molecule has 8 nitrogen and oxygen atoms in total. The maximum atomic E-state index is 14.0. The van der Waals surface area contributed by atoms with E-state index in [0.29, 0.717) is 66.9 Å². The zero-order valence-corrected chi connectivity index (χ0v) is 24.3. The third-order valence-electron chi connectivity index (χ3n) is 7.84. The largest absolute Gasteiger partial charge is 0.497 e. The highest BCUT2D eigenvalue weighted by Gasteiger charge is 2.54. The SMILES string of the molecule is COc1cccc(C(=O)N2CCC3(CC2)C(=O)N(CC(=O)NCCc2ccc(Cl)cc2Cl)CN3c2ccccc2)c1. The zero-order valence-electron chi connectivity index (χ0n) is 22.8. The number of piperidine rings is 1. The maximum Gasteiger partial charge on any atom is 0.253 e. The van der Waals surface area contributed by atoms with Gasteiger partial charge in [-0.2, -0.15) is 0 Å². The van der Waals surface area contributed by atoms with Crippen molar-refractivity contribution in [3.8, 4) is 5.75 Å². The number of carbonyl (C=O) groups excluding carboxylic acids is 3. The van der Waals surface area contributed by atoms with Gasteiger partial charge in [0.2, 0.25) is 5.91 Å². The van der Waals surface area contributed by atoms with Crippen LogP contribution in [0, 0.1) is 0 Å². The molecule has 0 aromatic heterocycles. The number of carbonyl (C=O) groups is 3. The lowest BCUT2D eigenvalue weighted by atomic mass is 9.85. The van der Waals surface area contributed by atoms with Crippen LogP contribution in [0.2, 0.25) is 10.0 Å². The zero-order chi connectivity index (χ0) is 29.0. The van der Waals surface area contributed by atoms with Crippen LogP contribution in [-0.4, -0.2) is 73.0 Å².